The third-order valence-corrected chi connectivity index (χ3v) is 3.81. The molecule has 0 radical (unpaired) electrons. The second kappa shape index (κ2) is 7.17. The van der Waals surface area contributed by atoms with Crippen molar-refractivity contribution in [1.29, 1.82) is 0 Å². The molecule has 1 heterocycles. The third kappa shape index (κ3) is 3.43. The van der Waals surface area contributed by atoms with Crippen molar-refractivity contribution in [1.82, 2.24) is 0 Å². The highest BCUT2D eigenvalue weighted by Gasteiger charge is 2.14. The lowest BCUT2D eigenvalue weighted by Crippen LogP contribution is -2.04. The zero-order valence-corrected chi connectivity index (χ0v) is 12.4. The van der Waals surface area contributed by atoms with Crippen LogP contribution in [0.15, 0.2) is 29.6 Å². The fraction of sp³-hybridized carbons (Fsp3) is 0.333. The van der Waals surface area contributed by atoms with Crippen LogP contribution < -0.4 is 14.2 Å². The van der Waals surface area contributed by atoms with Gasteiger partial charge in [-0.1, -0.05) is 6.07 Å². The Labute approximate surface area is 122 Å². The summed E-state index contributed by atoms with van der Waals surface area (Å²) < 4.78 is 16.4. The number of aliphatic hydroxyl groups is 1. The Balaban J connectivity index is 2.12. The Hall–Kier alpha value is -1.72. The van der Waals surface area contributed by atoms with Gasteiger partial charge in [-0.3, -0.25) is 0 Å². The fourth-order valence-corrected chi connectivity index (χ4v) is 2.57. The largest absolute Gasteiger partial charge is 0.493 e. The van der Waals surface area contributed by atoms with E-state index in [9.17, 15) is 5.11 Å². The molecule has 0 saturated carbocycles. The predicted octanol–water partition coefficient (Wildman–Crippen LogP) is 2.88. The van der Waals surface area contributed by atoms with Gasteiger partial charge in [-0.05, 0) is 29.1 Å². The normalized spacial score (nSPS) is 10.3. The molecule has 0 aliphatic carbocycles. The summed E-state index contributed by atoms with van der Waals surface area (Å²) in [6.07, 6.45) is 0.839. The SMILES string of the molecule is COc1cc(CO)cc(OC)c1OCCc1cccs1. The van der Waals surface area contributed by atoms with Crippen molar-refractivity contribution in [2.75, 3.05) is 20.8 Å². The first-order valence-corrected chi connectivity index (χ1v) is 7.17. The van der Waals surface area contributed by atoms with Gasteiger partial charge in [0, 0.05) is 11.3 Å². The minimum absolute atomic E-state index is 0.0673. The summed E-state index contributed by atoms with van der Waals surface area (Å²) in [4.78, 5) is 1.27. The van der Waals surface area contributed by atoms with Crippen LogP contribution in [0.5, 0.6) is 17.2 Å². The van der Waals surface area contributed by atoms with Crippen LogP contribution in [0.1, 0.15) is 10.4 Å². The third-order valence-electron chi connectivity index (χ3n) is 2.88. The van der Waals surface area contributed by atoms with E-state index >= 15 is 0 Å². The summed E-state index contributed by atoms with van der Waals surface area (Å²) in [5, 5.41) is 11.3. The van der Waals surface area contributed by atoms with Gasteiger partial charge < -0.3 is 19.3 Å². The van der Waals surface area contributed by atoms with E-state index in [1.165, 1.54) is 4.88 Å². The van der Waals surface area contributed by atoms with E-state index in [-0.39, 0.29) is 6.61 Å². The zero-order chi connectivity index (χ0) is 14.4. The average molecular weight is 294 g/mol. The number of rotatable bonds is 7. The molecular formula is C15H18O4S. The van der Waals surface area contributed by atoms with Crippen molar-refractivity contribution in [2.45, 2.75) is 13.0 Å². The molecule has 1 aromatic carbocycles. The van der Waals surface area contributed by atoms with Crippen LogP contribution in [0.4, 0.5) is 0 Å². The molecule has 5 heteroatoms. The molecule has 0 aliphatic heterocycles. The van der Waals surface area contributed by atoms with Gasteiger partial charge in [0.25, 0.3) is 0 Å². The molecule has 2 aromatic rings. The highest BCUT2D eigenvalue weighted by atomic mass is 32.1. The van der Waals surface area contributed by atoms with Crippen LogP contribution in [-0.2, 0) is 13.0 Å². The van der Waals surface area contributed by atoms with Gasteiger partial charge in [-0.2, -0.15) is 0 Å². The number of methoxy groups -OCH3 is 2. The Morgan fingerprint density at radius 3 is 2.35 bits per heavy atom. The molecule has 4 nitrogen and oxygen atoms in total. The molecule has 1 aromatic heterocycles. The van der Waals surface area contributed by atoms with E-state index in [4.69, 9.17) is 14.2 Å². The van der Waals surface area contributed by atoms with Crippen LogP contribution in [0.3, 0.4) is 0 Å². The second-order valence-corrected chi connectivity index (χ2v) is 5.20. The van der Waals surface area contributed by atoms with E-state index < -0.39 is 0 Å². The van der Waals surface area contributed by atoms with Crippen LogP contribution >= 0.6 is 11.3 Å². The number of hydrogen-bond donors (Lipinski definition) is 1. The maximum absolute atomic E-state index is 9.22. The first kappa shape index (κ1) is 14.7. The summed E-state index contributed by atoms with van der Waals surface area (Å²) in [6, 6.07) is 7.61. The summed E-state index contributed by atoms with van der Waals surface area (Å²) >= 11 is 1.71. The topological polar surface area (TPSA) is 47.9 Å². The molecule has 0 bridgehead atoms. The molecule has 20 heavy (non-hydrogen) atoms. The van der Waals surface area contributed by atoms with E-state index in [0.717, 1.165) is 12.0 Å². The molecule has 0 unspecified atom stereocenters. The molecular weight excluding hydrogens is 276 g/mol. The molecule has 2 rings (SSSR count). The van der Waals surface area contributed by atoms with E-state index in [1.54, 1.807) is 37.7 Å². The lowest BCUT2D eigenvalue weighted by Gasteiger charge is -2.15. The predicted molar refractivity (Wildman–Crippen MR) is 79.0 cm³/mol. The lowest BCUT2D eigenvalue weighted by atomic mass is 10.2. The minimum atomic E-state index is -0.0673. The van der Waals surface area contributed by atoms with Gasteiger partial charge in [0.1, 0.15) is 0 Å². The molecule has 0 spiro atoms. The Bertz CT molecular complexity index is 512. The lowest BCUT2D eigenvalue weighted by molar-refractivity contribution is 0.268. The summed E-state index contributed by atoms with van der Waals surface area (Å²) in [5.74, 6) is 1.71. The number of ether oxygens (including phenoxy) is 3. The molecule has 0 fully saturated rings. The smallest absolute Gasteiger partial charge is 0.203 e. The van der Waals surface area contributed by atoms with Crippen LogP contribution in [0, 0.1) is 0 Å². The van der Waals surface area contributed by atoms with Gasteiger partial charge in [-0.25, -0.2) is 0 Å². The van der Waals surface area contributed by atoms with E-state index in [2.05, 4.69) is 6.07 Å². The maximum Gasteiger partial charge on any atom is 0.203 e. The highest BCUT2D eigenvalue weighted by molar-refractivity contribution is 7.09. The van der Waals surface area contributed by atoms with Crippen molar-refractivity contribution in [3.05, 3.63) is 40.1 Å². The van der Waals surface area contributed by atoms with Crippen LogP contribution in [0.25, 0.3) is 0 Å². The first-order valence-electron chi connectivity index (χ1n) is 6.29. The van der Waals surface area contributed by atoms with Crippen molar-refractivity contribution < 1.29 is 19.3 Å². The fourth-order valence-electron chi connectivity index (χ4n) is 1.88. The minimum Gasteiger partial charge on any atom is -0.493 e. The maximum atomic E-state index is 9.22. The quantitative estimate of drug-likeness (QED) is 0.853. The summed E-state index contributed by atoms with van der Waals surface area (Å²) in [6.45, 7) is 0.480. The van der Waals surface area contributed by atoms with Gasteiger partial charge >= 0.3 is 0 Å². The molecule has 108 valence electrons. The standard InChI is InChI=1S/C15H18O4S/c1-17-13-8-11(10-16)9-14(18-2)15(13)19-6-5-12-4-3-7-20-12/h3-4,7-9,16H,5-6,10H2,1-2H3. The molecule has 1 N–H and O–H groups in total. The van der Waals surface area contributed by atoms with Crippen LogP contribution in [0.2, 0.25) is 0 Å². The second-order valence-electron chi connectivity index (χ2n) is 4.17. The zero-order valence-electron chi connectivity index (χ0n) is 11.6. The monoisotopic (exact) mass is 294 g/mol. The highest BCUT2D eigenvalue weighted by Crippen LogP contribution is 2.38. The van der Waals surface area contributed by atoms with Crippen molar-refractivity contribution in [3.8, 4) is 17.2 Å². The number of hydrogen-bond acceptors (Lipinski definition) is 5. The molecule has 0 aliphatic rings. The average Bonchev–Trinajstić information content (AvgIpc) is 3.00. The van der Waals surface area contributed by atoms with Crippen molar-refractivity contribution in [3.63, 3.8) is 0 Å². The van der Waals surface area contributed by atoms with Crippen molar-refractivity contribution in [2.24, 2.45) is 0 Å². The molecule has 0 atom stereocenters. The van der Waals surface area contributed by atoms with E-state index in [1.807, 2.05) is 11.4 Å². The first-order chi connectivity index (χ1) is 9.78. The number of thiophene rings is 1. The van der Waals surface area contributed by atoms with Gasteiger partial charge in [-0.15, -0.1) is 11.3 Å². The van der Waals surface area contributed by atoms with Gasteiger partial charge in [0.15, 0.2) is 11.5 Å². The molecule has 0 amide bonds. The Kier molecular flexibility index (Phi) is 5.26. The van der Waals surface area contributed by atoms with Gasteiger partial charge in [0.2, 0.25) is 5.75 Å². The van der Waals surface area contributed by atoms with Crippen molar-refractivity contribution >= 4 is 11.3 Å². The summed E-state index contributed by atoms with van der Waals surface area (Å²) in [5.41, 5.74) is 0.726. The molecule has 0 saturated heterocycles. The van der Waals surface area contributed by atoms with E-state index in [0.29, 0.717) is 23.9 Å². The number of benzene rings is 1. The van der Waals surface area contributed by atoms with Gasteiger partial charge in [0.05, 0.1) is 27.4 Å². The van der Waals surface area contributed by atoms with Crippen LogP contribution in [-0.4, -0.2) is 25.9 Å². The summed E-state index contributed by atoms with van der Waals surface area (Å²) in [7, 11) is 3.14. The number of aliphatic hydroxyl groups excluding tert-OH is 1. The Morgan fingerprint density at radius 1 is 1.15 bits per heavy atom. The Morgan fingerprint density at radius 2 is 1.85 bits per heavy atom.